The maximum absolute atomic E-state index is 12.7. The van der Waals surface area contributed by atoms with Crippen molar-refractivity contribution in [1.82, 2.24) is 24.8 Å². The summed E-state index contributed by atoms with van der Waals surface area (Å²) in [4.78, 5) is 14.0. The number of nitrogens with zero attached hydrogens (tertiary/aromatic N) is 5. The van der Waals surface area contributed by atoms with Gasteiger partial charge in [-0.15, -0.1) is 10.2 Å². The summed E-state index contributed by atoms with van der Waals surface area (Å²) in [6.07, 6.45) is 1.03. The number of carbonyl (C=O) groups excluding carboxylic acids is 1. The summed E-state index contributed by atoms with van der Waals surface area (Å²) >= 11 is 0. The van der Waals surface area contributed by atoms with Crippen LogP contribution in [0.1, 0.15) is 35.1 Å². The molecule has 0 aliphatic heterocycles. The molecule has 1 aromatic carbocycles. The molecule has 0 bridgehead atoms. The van der Waals surface area contributed by atoms with Gasteiger partial charge in [-0.1, -0.05) is 19.1 Å². The van der Waals surface area contributed by atoms with E-state index in [1.807, 2.05) is 44.2 Å². The monoisotopic (exact) mass is 353 g/mol. The number of aryl methyl sites for hydroxylation is 1. The lowest BCUT2D eigenvalue weighted by Gasteiger charge is -2.07. The number of rotatable bonds is 7. The van der Waals surface area contributed by atoms with Crippen LogP contribution in [0.25, 0.3) is 11.4 Å². The van der Waals surface area contributed by atoms with Crippen molar-refractivity contribution in [3.63, 3.8) is 0 Å². The molecule has 26 heavy (non-hydrogen) atoms. The highest BCUT2D eigenvalue weighted by molar-refractivity contribution is 5.97. The summed E-state index contributed by atoms with van der Waals surface area (Å²) in [6, 6.07) is 9.37. The van der Waals surface area contributed by atoms with Gasteiger partial charge in [0.1, 0.15) is 12.3 Å². The van der Waals surface area contributed by atoms with Crippen LogP contribution in [-0.2, 0) is 13.1 Å². The molecule has 0 fully saturated rings. The first-order valence-corrected chi connectivity index (χ1v) is 8.65. The zero-order valence-electron chi connectivity index (χ0n) is 15.6. The zero-order chi connectivity index (χ0) is 18.7. The Kier molecular flexibility index (Phi) is 5.16. The smallest absolute Gasteiger partial charge is 0.205 e. The molecule has 0 saturated carbocycles. The van der Waals surface area contributed by atoms with Crippen LogP contribution in [-0.4, -0.2) is 37.7 Å². The van der Waals surface area contributed by atoms with E-state index in [0.717, 1.165) is 41.2 Å². The number of tetrazole rings is 1. The SMILES string of the molecule is CCCn1c(C)cc(C(=O)Cn2nnc(-c3cccc(OC)c3)n2)c1C. The third-order valence-electron chi connectivity index (χ3n) is 4.39. The van der Waals surface area contributed by atoms with E-state index in [4.69, 9.17) is 4.74 Å². The average molecular weight is 353 g/mol. The van der Waals surface area contributed by atoms with Crippen molar-refractivity contribution in [2.45, 2.75) is 40.3 Å². The van der Waals surface area contributed by atoms with Crippen LogP contribution < -0.4 is 4.74 Å². The van der Waals surface area contributed by atoms with Crippen molar-refractivity contribution in [3.05, 3.63) is 47.3 Å². The molecular weight excluding hydrogens is 330 g/mol. The Hall–Kier alpha value is -2.96. The number of aromatic nitrogens is 5. The van der Waals surface area contributed by atoms with Gasteiger partial charge >= 0.3 is 0 Å². The van der Waals surface area contributed by atoms with E-state index in [-0.39, 0.29) is 12.3 Å². The van der Waals surface area contributed by atoms with Gasteiger partial charge in [0, 0.05) is 29.1 Å². The highest BCUT2D eigenvalue weighted by Crippen LogP contribution is 2.20. The van der Waals surface area contributed by atoms with Gasteiger partial charge in [0.2, 0.25) is 5.82 Å². The predicted molar refractivity (Wildman–Crippen MR) is 98.3 cm³/mol. The first-order chi connectivity index (χ1) is 12.5. The van der Waals surface area contributed by atoms with Crippen LogP contribution in [0.15, 0.2) is 30.3 Å². The van der Waals surface area contributed by atoms with E-state index in [2.05, 4.69) is 26.9 Å². The maximum Gasteiger partial charge on any atom is 0.205 e. The van der Waals surface area contributed by atoms with Gasteiger partial charge in [0.15, 0.2) is 5.78 Å². The van der Waals surface area contributed by atoms with E-state index < -0.39 is 0 Å². The van der Waals surface area contributed by atoms with Crippen molar-refractivity contribution in [2.75, 3.05) is 7.11 Å². The quantitative estimate of drug-likeness (QED) is 0.610. The molecule has 0 radical (unpaired) electrons. The van der Waals surface area contributed by atoms with Gasteiger partial charge in [0.25, 0.3) is 0 Å². The molecule has 3 aromatic rings. The molecule has 0 atom stereocenters. The van der Waals surface area contributed by atoms with E-state index >= 15 is 0 Å². The fraction of sp³-hybridized carbons (Fsp3) is 0.368. The molecule has 0 spiro atoms. The van der Waals surface area contributed by atoms with Gasteiger partial charge in [0.05, 0.1) is 7.11 Å². The van der Waals surface area contributed by atoms with Gasteiger partial charge in [-0.3, -0.25) is 4.79 Å². The van der Waals surface area contributed by atoms with Gasteiger partial charge < -0.3 is 9.30 Å². The molecule has 7 heteroatoms. The maximum atomic E-state index is 12.7. The normalized spacial score (nSPS) is 10.9. The van der Waals surface area contributed by atoms with Gasteiger partial charge in [-0.05, 0) is 43.7 Å². The number of hydrogen-bond acceptors (Lipinski definition) is 5. The van der Waals surface area contributed by atoms with Crippen LogP contribution in [0, 0.1) is 13.8 Å². The zero-order valence-corrected chi connectivity index (χ0v) is 15.6. The Morgan fingerprint density at radius 1 is 1.23 bits per heavy atom. The second-order valence-electron chi connectivity index (χ2n) is 6.24. The number of benzene rings is 1. The minimum atomic E-state index is -0.0185. The molecule has 0 N–H and O–H groups in total. The topological polar surface area (TPSA) is 74.8 Å². The van der Waals surface area contributed by atoms with Crippen molar-refractivity contribution in [3.8, 4) is 17.1 Å². The standard InChI is InChI=1S/C19H23N5O2/c1-5-9-23-13(2)10-17(14(23)3)18(25)12-24-21-19(20-22-24)15-7-6-8-16(11-15)26-4/h6-8,10-11H,5,9,12H2,1-4H3. The summed E-state index contributed by atoms with van der Waals surface area (Å²) in [5.41, 5.74) is 3.60. The van der Waals surface area contributed by atoms with Crippen molar-refractivity contribution < 1.29 is 9.53 Å². The fourth-order valence-corrected chi connectivity index (χ4v) is 3.05. The molecule has 0 amide bonds. The Balaban J connectivity index is 1.79. The number of ether oxygens (including phenoxy) is 1. The van der Waals surface area contributed by atoms with E-state index in [1.165, 1.54) is 4.80 Å². The molecular formula is C19H23N5O2. The van der Waals surface area contributed by atoms with Crippen LogP contribution >= 0.6 is 0 Å². The number of ketones is 1. The lowest BCUT2D eigenvalue weighted by molar-refractivity contribution is 0.0960. The minimum absolute atomic E-state index is 0.0185. The van der Waals surface area contributed by atoms with E-state index in [0.29, 0.717) is 5.82 Å². The summed E-state index contributed by atoms with van der Waals surface area (Å²) in [5, 5.41) is 12.4. The highest BCUT2D eigenvalue weighted by atomic mass is 16.5. The minimum Gasteiger partial charge on any atom is -0.497 e. The second-order valence-corrected chi connectivity index (χ2v) is 6.24. The lowest BCUT2D eigenvalue weighted by atomic mass is 10.1. The second kappa shape index (κ2) is 7.51. The van der Waals surface area contributed by atoms with Gasteiger partial charge in [-0.2, -0.15) is 4.80 Å². The van der Waals surface area contributed by atoms with Crippen molar-refractivity contribution in [2.24, 2.45) is 0 Å². The third-order valence-corrected chi connectivity index (χ3v) is 4.39. The third kappa shape index (κ3) is 3.51. The highest BCUT2D eigenvalue weighted by Gasteiger charge is 2.17. The molecule has 0 saturated heterocycles. The Morgan fingerprint density at radius 3 is 2.77 bits per heavy atom. The first kappa shape index (κ1) is 17.8. The number of Topliss-reactive ketones (excluding diaryl/α,β-unsaturated/α-hetero) is 1. The average Bonchev–Trinajstić information content (AvgIpc) is 3.22. The van der Waals surface area contributed by atoms with Crippen LogP contribution in [0.5, 0.6) is 5.75 Å². The largest absolute Gasteiger partial charge is 0.497 e. The van der Waals surface area contributed by atoms with Crippen molar-refractivity contribution >= 4 is 5.78 Å². The molecule has 136 valence electrons. The lowest BCUT2D eigenvalue weighted by Crippen LogP contribution is -2.14. The van der Waals surface area contributed by atoms with Crippen LogP contribution in [0.4, 0.5) is 0 Å². The first-order valence-electron chi connectivity index (χ1n) is 8.65. The molecule has 0 unspecified atom stereocenters. The molecule has 2 aromatic heterocycles. The summed E-state index contributed by atoms with van der Waals surface area (Å²) in [5.74, 6) is 1.17. The number of carbonyl (C=O) groups is 1. The summed E-state index contributed by atoms with van der Waals surface area (Å²) in [7, 11) is 1.61. The summed E-state index contributed by atoms with van der Waals surface area (Å²) in [6.45, 7) is 7.10. The van der Waals surface area contributed by atoms with E-state index in [9.17, 15) is 4.79 Å². The summed E-state index contributed by atoms with van der Waals surface area (Å²) < 4.78 is 7.38. The Bertz CT molecular complexity index is 926. The van der Waals surface area contributed by atoms with Gasteiger partial charge in [-0.25, -0.2) is 0 Å². The number of hydrogen-bond donors (Lipinski definition) is 0. The van der Waals surface area contributed by atoms with E-state index in [1.54, 1.807) is 7.11 Å². The van der Waals surface area contributed by atoms with Crippen LogP contribution in [0.3, 0.4) is 0 Å². The predicted octanol–water partition coefficient (Wildman–Crippen LogP) is 3.06. The molecule has 3 rings (SSSR count). The van der Waals surface area contributed by atoms with Crippen molar-refractivity contribution in [1.29, 1.82) is 0 Å². The molecule has 7 nitrogen and oxygen atoms in total. The van der Waals surface area contributed by atoms with Crippen LogP contribution in [0.2, 0.25) is 0 Å². The Labute approximate surface area is 152 Å². The molecule has 2 heterocycles. The fourth-order valence-electron chi connectivity index (χ4n) is 3.05. The molecule has 0 aliphatic rings. The molecule has 0 aliphatic carbocycles. The number of methoxy groups -OCH3 is 1. The Morgan fingerprint density at radius 2 is 2.04 bits per heavy atom.